The van der Waals surface area contributed by atoms with Crippen molar-refractivity contribution in [2.45, 2.75) is 26.2 Å². The summed E-state index contributed by atoms with van der Waals surface area (Å²) in [7, 11) is 1.49. The van der Waals surface area contributed by atoms with Crippen molar-refractivity contribution >= 4 is 5.71 Å². The van der Waals surface area contributed by atoms with Crippen LogP contribution in [-0.4, -0.2) is 23.0 Å². The summed E-state index contributed by atoms with van der Waals surface area (Å²) in [5.74, 6) is -0.270. The van der Waals surface area contributed by atoms with E-state index in [0.717, 1.165) is 30.5 Å². The van der Waals surface area contributed by atoms with Crippen LogP contribution < -0.4 is 0 Å². The van der Waals surface area contributed by atoms with Gasteiger partial charge in [0, 0.05) is 5.56 Å². The lowest BCUT2D eigenvalue weighted by atomic mass is 10.0. The first-order valence-electron chi connectivity index (χ1n) is 5.31. The number of hydrogen-bond acceptors (Lipinski definition) is 4. The predicted octanol–water partition coefficient (Wildman–Crippen LogP) is 2.64. The van der Waals surface area contributed by atoms with E-state index in [1.54, 1.807) is 6.07 Å². The lowest BCUT2D eigenvalue weighted by Crippen LogP contribution is -2.01. The summed E-state index contributed by atoms with van der Waals surface area (Å²) >= 11 is 0. The Kier molecular flexibility index (Phi) is 4.64. The van der Waals surface area contributed by atoms with Crippen molar-refractivity contribution in [2.75, 3.05) is 7.11 Å². The fourth-order valence-electron chi connectivity index (χ4n) is 1.40. The van der Waals surface area contributed by atoms with Gasteiger partial charge < -0.3 is 15.1 Å². The second-order valence-corrected chi connectivity index (χ2v) is 3.53. The van der Waals surface area contributed by atoms with Crippen LogP contribution in [0.3, 0.4) is 0 Å². The van der Waals surface area contributed by atoms with E-state index in [4.69, 9.17) is 4.84 Å². The standard InChI is InChI=1S/C12H17NO3/c1-3-4-5-10(13-16-2)9-6-7-11(14)12(15)8-9/h6-8,14-15H,3-5H2,1-2H3. The molecule has 0 spiro atoms. The van der Waals surface area contributed by atoms with Gasteiger partial charge in [-0.3, -0.25) is 0 Å². The molecule has 88 valence electrons. The topological polar surface area (TPSA) is 62.0 Å². The molecule has 1 rings (SSSR count). The predicted molar refractivity (Wildman–Crippen MR) is 62.8 cm³/mol. The lowest BCUT2D eigenvalue weighted by Gasteiger charge is -2.06. The van der Waals surface area contributed by atoms with Gasteiger partial charge in [0.15, 0.2) is 11.5 Å². The smallest absolute Gasteiger partial charge is 0.158 e. The number of hydrogen-bond donors (Lipinski definition) is 2. The highest BCUT2D eigenvalue weighted by Gasteiger charge is 2.07. The number of aromatic hydroxyl groups is 2. The molecule has 0 atom stereocenters. The fourth-order valence-corrected chi connectivity index (χ4v) is 1.40. The molecule has 0 saturated heterocycles. The highest BCUT2D eigenvalue weighted by Crippen LogP contribution is 2.25. The van der Waals surface area contributed by atoms with Gasteiger partial charge in [-0.2, -0.15) is 0 Å². The largest absolute Gasteiger partial charge is 0.504 e. The molecule has 16 heavy (non-hydrogen) atoms. The van der Waals surface area contributed by atoms with Gasteiger partial charge in [-0.15, -0.1) is 0 Å². The zero-order chi connectivity index (χ0) is 12.0. The Morgan fingerprint density at radius 3 is 2.62 bits per heavy atom. The average Bonchev–Trinajstić information content (AvgIpc) is 2.28. The van der Waals surface area contributed by atoms with Crippen LogP contribution in [-0.2, 0) is 4.84 Å². The molecule has 2 N–H and O–H groups in total. The van der Waals surface area contributed by atoms with E-state index in [1.807, 2.05) is 0 Å². The monoisotopic (exact) mass is 223 g/mol. The van der Waals surface area contributed by atoms with Gasteiger partial charge in [0.05, 0.1) is 5.71 Å². The third-order valence-corrected chi connectivity index (χ3v) is 2.28. The van der Waals surface area contributed by atoms with E-state index in [-0.39, 0.29) is 11.5 Å². The summed E-state index contributed by atoms with van der Waals surface area (Å²) in [5.41, 5.74) is 1.55. The Morgan fingerprint density at radius 1 is 1.31 bits per heavy atom. The van der Waals surface area contributed by atoms with Crippen LogP contribution >= 0.6 is 0 Å². The molecule has 0 unspecified atom stereocenters. The van der Waals surface area contributed by atoms with Crippen molar-refractivity contribution in [3.8, 4) is 11.5 Å². The van der Waals surface area contributed by atoms with E-state index in [1.165, 1.54) is 19.2 Å². The van der Waals surface area contributed by atoms with Crippen LogP contribution in [0.2, 0.25) is 0 Å². The van der Waals surface area contributed by atoms with Crippen LogP contribution in [0.5, 0.6) is 11.5 Å². The Hall–Kier alpha value is -1.71. The van der Waals surface area contributed by atoms with Gasteiger partial charge in [-0.05, 0) is 31.0 Å². The molecule has 1 aromatic rings. The minimum Gasteiger partial charge on any atom is -0.504 e. The highest BCUT2D eigenvalue weighted by molar-refractivity contribution is 6.00. The first-order chi connectivity index (χ1) is 7.69. The number of oxime groups is 1. The maximum absolute atomic E-state index is 9.40. The molecule has 1 aromatic carbocycles. The van der Waals surface area contributed by atoms with Gasteiger partial charge in [-0.25, -0.2) is 0 Å². The van der Waals surface area contributed by atoms with Crippen LogP contribution in [0.4, 0.5) is 0 Å². The maximum atomic E-state index is 9.40. The van der Waals surface area contributed by atoms with Gasteiger partial charge in [0.1, 0.15) is 7.11 Å². The highest BCUT2D eigenvalue weighted by atomic mass is 16.6. The van der Waals surface area contributed by atoms with Gasteiger partial charge in [-0.1, -0.05) is 18.5 Å². The summed E-state index contributed by atoms with van der Waals surface area (Å²) in [5, 5.41) is 22.5. The molecule has 4 nitrogen and oxygen atoms in total. The molecule has 0 aliphatic heterocycles. The summed E-state index contributed by atoms with van der Waals surface area (Å²) in [6.45, 7) is 2.10. The molecule has 0 saturated carbocycles. The summed E-state index contributed by atoms with van der Waals surface area (Å²) in [6.07, 6.45) is 2.85. The van der Waals surface area contributed by atoms with Crippen molar-refractivity contribution in [1.82, 2.24) is 0 Å². The third kappa shape index (κ3) is 3.15. The van der Waals surface area contributed by atoms with Crippen LogP contribution in [0.15, 0.2) is 23.4 Å². The zero-order valence-corrected chi connectivity index (χ0v) is 9.60. The minimum atomic E-state index is -0.141. The minimum absolute atomic E-state index is 0.129. The number of nitrogens with zero attached hydrogens (tertiary/aromatic N) is 1. The van der Waals surface area contributed by atoms with E-state index >= 15 is 0 Å². The van der Waals surface area contributed by atoms with Crippen molar-refractivity contribution in [2.24, 2.45) is 5.16 Å². The summed E-state index contributed by atoms with van der Waals surface area (Å²) in [6, 6.07) is 4.65. The first-order valence-corrected chi connectivity index (χ1v) is 5.31. The van der Waals surface area contributed by atoms with E-state index in [9.17, 15) is 10.2 Å². The van der Waals surface area contributed by atoms with Gasteiger partial charge >= 0.3 is 0 Å². The van der Waals surface area contributed by atoms with E-state index in [0.29, 0.717) is 0 Å². The Morgan fingerprint density at radius 2 is 2.06 bits per heavy atom. The zero-order valence-electron chi connectivity index (χ0n) is 9.60. The lowest BCUT2D eigenvalue weighted by molar-refractivity contribution is 0.212. The molecular formula is C12H17NO3. The van der Waals surface area contributed by atoms with E-state index in [2.05, 4.69) is 12.1 Å². The Bertz CT molecular complexity index is 375. The molecule has 0 aromatic heterocycles. The molecule has 0 amide bonds. The molecule has 0 fully saturated rings. The molecule has 0 radical (unpaired) electrons. The van der Waals surface area contributed by atoms with Gasteiger partial charge in [0.25, 0.3) is 0 Å². The maximum Gasteiger partial charge on any atom is 0.158 e. The number of rotatable bonds is 5. The molecule has 4 heteroatoms. The normalized spacial score (nSPS) is 11.5. The number of unbranched alkanes of at least 4 members (excludes halogenated alkanes) is 1. The summed E-state index contributed by atoms with van der Waals surface area (Å²) < 4.78 is 0. The second-order valence-electron chi connectivity index (χ2n) is 3.53. The fraction of sp³-hybridized carbons (Fsp3) is 0.417. The van der Waals surface area contributed by atoms with Gasteiger partial charge in [0.2, 0.25) is 0 Å². The molecule has 0 aliphatic carbocycles. The van der Waals surface area contributed by atoms with Crippen molar-refractivity contribution in [3.05, 3.63) is 23.8 Å². The Balaban J connectivity index is 2.92. The third-order valence-electron chi connectivity index (χ3n) is 2.28. The van der Waals surface area contributed by atoms with E-state index < -0.39 is 0 Å². The van der Waals surface area contributed by atoms with Crippen molar-refractivity contribution in [3.63, 3.8) is 0 Å². The average molecular weight is 223 g/mol. The molecule has 0 aliphatic rings. The molecule has 0 bridgehead atoms. The second kappa shape index (κ2) is 6.00. The van der Waals surface area contributed by atoms with Crippen molar-refractivity contribution in [1.29, 1.82) is 0 Å². The number of benzene rings is 1. The number of phenolic OH excluding ortho intramolecular Hbond substituents is 2. The van der Waals surface area contributed by atoms with Crippen molar-refractivity contribution < 1.29 is 15.1 Å². The quantitative estimate of drug-likeness (QED) is 0.458. The van der Waals surface area contributed by atoms with Crippen LogP contribution in [0.1, 0.15) is 31.7 Å². The SMILES string of the molecule is CCCCC(=NOC)c1ccc(O)c(O)c1. The first kappa shape index (κ1) is 12.4. The Labute approximate surface area is 95.2 Å². The summed E-state index contributed by atoms with van der Waals surface area (Å²) in [4.78, 5) is 4.77. The number of phenols is 2. The molecule has 0 heterocycles. The van der Waals surface area contributed by atoms with Crippen LogP contribution in [0, 0.1) is 0 Å². The van der Waals surface area contributed by atoms with Crippen LogP contribution in [0.25, 0.3) is 0 Å². The molecular weight excluding hydrogens is 206 g/mol.